The predicted molar refractivity (Wildman–Crippen MR) is 230 cm³/mol. The summed E-state index contributed by atoms with van der Waals surface area (Å²) in [5.41, 5.74) is 12.8. The maximum Gasteiger partial charge on any atom is 0.412 e. The molecule has 1 aliphatic rings. The van der Waals surface area contributed by atoms with Gasteiger partial charge >= 0.3 is 6.09 Å². The van der Waals surface area contributed by atoms with Gasteiger partial charge in [-0.2, -0.15) is 0 Å². The van der Waals surface area contributed by atoms with Crippen LogP contribution < -0.4 is 11.1 Å². The number of ether oxygens (including phenoxy) is 3. The highest BCUT2D eigenvalue weighted by molar-refractivity contribution is 5.92. The van der Waals surface area contributed by atoms with Gasteiger partial charge in [0.1, 0.15) is 12.7 Å². The lowest BCUT2D eigenvalue weighted by molar-refractivity contribution is -0.150. The Bertz CT molecular complexity index is 1960. The Morgan fingerprint density at radius 2 is 1.29 bits per heavy atom. The fraction of sp³-hybridized carbons (Fsp3) is 0.360. The largest absolute Gasteiger partial charge is 0.444 e. The van der Waals surface area contributed by atoms with E-state index in [4.69, 9.17) is 19.9 Å². The summed E-state index contributed by atoms with van der Waals surface area (Å²) in [6.07, 6.45) is 5.75. The van der Waals surface area contributed by atoms with Gasteiger partial charge in [-0.05, 0) is 109 Å². The van der Waals surface area contributed by atoms with Crippen molar-refractivity contribution in [2.24, 2.45) is 11.7 Å². The van der Waals surface area contributed by atoms with Crippen LogP contribution in [0.15, 0.2) is 140 Å². The van der Waals surface area contributed by atoms with E-state index in [9.17, 15) is 9.59 Å². The van der Waals surface area contributed by atoms with Gasteiger partial charge in [-0.1, -0.05) is 134 Å². The SMILES string of the molecule is CCCN[C@@H](CCCC(OCc1ccccc1)C(OCc1ccccc1)N(CCc1ccc(C(N)=O)cc1)C(=O)OCc1ccccc1)C1CCc2ccccc2C1. The van der Waals surface area contributed by atoms with Crippen molar-refractivity contribution >= 4 is 12.0 Å². The summed E-state index contributed by atoms with van der Waals surface area (Å²) in [6, 6.07) is 46.3. The first-order valence-electron chi connectivity index (χ1n) is 20.9. The van der Waals surface area contributed by atoms with E-state index in [2.05, 4.69) is 48.6 Å². The van der Waals surface area contributed by atoms with Crippen molar-refractivity contribution in [3.8, 4) is 0 Å². The van der Waals surface area contributed by atoms with Crippen LogP contribution in [0, 0.1) is 5.92 Å². The summed E-state index contributed by atoms with van der Waals surface area (Å²) in [7, 11) is 0. The third kappa shape index (κ3) is 12.9. The number of nitrogens with two attached hydrogens (primary N) is 1. The molecule has 0 saturated heterocycles. The minimum absolute atomic E-state index is 0.125. The van der Waals surface area contributed by atoms with Crippen molar-refractivity contribution in [2.45, 2.75) is 96.5 Å². The summed E-state index contributed by atoms with van der Waals surface area (Å²) in [5, 5.41) is 3.91. The van der Waals surface area contributed by atoms with Crippen molar-refractivity contribution in [3.05, 3.63) is 178 Å². The average molecular weight is 782 g/mol. The first-order valence-corrected chi connectivity index (χ1v) is 20.9. The first kappa shape index (κ1) is 42.3. The van der Waals surface area contributed by atoms with E-state index in [0.29, 0.717) is 43.5 Å². The number of fused-ring (bicyclic) bond motifs is 1. The molecule has 0 bridgehead atoms. The summed E-state index contributed by atoms with van der Waals surface area (Å²) in [4.78, 5) is 27.9. The molecule has 3 unspecified atom stereocenters. The minimum atomic E-state index is -0.763. The Morgan fingerprint density at radius 3 is 1.91 bits per heavy atom. The van der Waals surface area contributed by atoms with Crippen LogP contribution in [0.5, 0.6) is 0 Å². The van der Waals surface area contributed by atoms with E-state index in [1.54, 1.807) is 17.0 Å². The molecule has 6 rings (SSSR count). The molecule has 2 amide bonds. The van der Waals surface area contributed by atoms with E-state index in [-0.39, 0.29) is 13.2 Å². The lowest BCUT2D eigenvalue weighted by atomic mass is 9.78. The van der Waals surface area contributed by atoms with Crippen LogP contribution in [0.4, 0.5) is 4.79 Å². The first-order chi connectivity index (χ1) is 28.5. The third-order valence-electron chi connectivity index (χ3n) is 11.1. The van der Waals surface area contributed by atoms with Crippen LogP contribution in [0.3, 0.4) is 0 Å². The Hall–Kier alpha value is -5.28. The molecular weight excluding hydrogens is 723 g/mol. The van der Waals surface area contributed by atoms with E-state index < -0.39 is 24.3 Å². The van der Waals surface area contributed by atoms with E-state index in [1.165, 1.54) is 11.1 Å². The standard InChI is InChI=1S/C50H59N3O5/c1-2-32-52-46(45-30-29-42-21-12-13-22-44(42)34-45)23-14-24-47(56-35-39-15-6-3-7-16-39)49(57-36-40-17-8-4-9-18-40)53(50(55)58-37-41-19-10-5-11-20-41)33-31-38-25-27-43(28-26-38)48(51)54/h3-13,15-22,25-28,45-47,49,52H,2,14,23-24,29-37H2,1H3,(H2,51,54)/t45?,46-,47?,49?/m0/s1. The smallest absolute Gasteiger partial charge is 0.412 e. The Labute approximate surface area is 344 Å². The lowest BCUT2D eigenvalue weighted by Crippen LogP contribution is -2.50. The van der Waals surface area contributed by atoms with E-state index in [0.717, 1.165) is 67.3 Å². The molecule has 0 aliphatic heterocycles. The van der Waals surface area contributed by atoms with Crippen LogP contribution in [-0.4, -0.2) is 48.4 Å². The summed E-state index contributed by atoms with van der Waals surface area (Å²) in [5.74, 6) is 0.0616. The molecule has 0 fully saturated rings. The normalized spacial score (nSPS) is 15.2. The Balaban J connectivity index is 1.28. The molecule has 8 nitrogen and oxygen atoms in total. The second kappa shape index (κ2) is 22.6. The van der Waals surface area contributed by atoms with Gasteiger partial charge in [0, 0.05) is 18.2 Å². The van der Waals surface area contributed by atoms with Crippen LogP contribution in [0.1, 0.15) is 82.8 Å². The quantitative estimate of drug-likeness (QED) is 0.0679. The second-order valence-corrected chi connectivity index (χ2v) is 15.3. The number of rotatable bonds is 22. The Kier molecular flexibility index (Phi) is 16.5. The van der Waals surface area contributed by atoms with Gasteiger partial charge in [0.25, 0.3) is 0 Å². The molecule has 0 radical (unpaired) electrons. The number of hydrogen-bond acceptors (Lipinski definition) is 6. The zero-order chi connectivity index (χ0) is 40.4. The number of nitrogens with zero attached hydrogens (tertiary/aromatic N) is 1. The molecule has 0 aromatic heterocycles. The van der Waals surface area contributed by atoms with Gasteiger partial charge < -0.3 is 25.3 Å². The molecule has 8 heteroatoms. The minimum Gasteiger partial charge on any atom is -0.444 e. The molecule has 0 spiro atoms. The highest BCUT2D eigenvalue weighted by atomic mass is 16.6. The number of primary amides is 1. The molecule has 0 heterocycles. The Morgan fingerprint density at radius 1 is 0.707 bits per heavy atom. The van der Waals surface area contributed by atoms with Crippen molar-refractivity contribution in [1.29, 1.82) is 0 Å². The summed E-state index contributed by atoms with van der Waals surface area (Å²) in [6.45, 7) is 4.28. The van der Waals surface area contributed by atoms with Crippen LogP contribution in [-0.2, 0) is 53.3 Å². The molecular formula is C50H59N3O5. The number of nitrogens with one attached hydrogen (secondary N) is 1. The van der Waals surface area contributed by atoms with Gasteiger partial charge in [-0.15, -0.1) is 0 Å². The number of carbonyl (C=O) groups is 2. The third-order valence-corrected chi connectivity index (χ3v) is 11.1. The van der Waals surface area contributed by atoms with Crippen molar-refractivity contribution < 1.29 is 23.8 Å². The van der Waals surface area contributed by atoms with Crippen molar-refractivity contribution in [3.63, 3.8) is 0 Å². The van der Waals surface area contributed by atoms with Crippen LogP contribution >= 0.6 is 0 Å². The fourth-order valence-electron chi connectivity index (χ4n) is 7.89. The molecule has 5 aromatic rings. The zero-order valence-electron chi connectivity index (χ0n) is 33.8. The maximum atomic E-state index is 14.4. The summed E-state index contributed by atoms with van der Waals surface area (Å²) < 4.78 is 19.8. The second-order valence-electron chi connectivity index (χ2n) is 15.3. The van der Waals surface area contributed by atoms with E-state index >= 15 is 0 Å². The van der Waals surface area contributed by atoms with Gasteiger partial charge in [-0.25, -0.2) is 4.79 Å². The number of hydrogen-bond donors (Lipinski definition) is 2. The maximum absolute atomic E-state index is 14.4. The van der Waals surface area contributed by atoms with Gasteiger partial charge in [0.05, 0.1) is 13.2 Å². The number of carbonyl (C=O) groups excluding carboxylic acids is 2. The predicted octanol–water partition coefficient (Wildman–Crippen LogP) is 9.44. The van der Waals surface area contributed by atoms with Gasteiger partial charge in [-0.3, -0.25) is 9.69 Å². The van der Waals surface area contributed by atoms with Crippen molar-refractivity contribution in [1.82, 2.24) is 10.2 Å². The average Bonchev–Trinajstić information content (AvgIpc) is 3.27. The zero-order valence-corrected chi connectivity index (χ0v) is 33.8. The van der Waals surface area contributed by atoms with Crippen LogP contribution in [0.25, 0.3) is 0 Å². The molecule has 1 aliphatic carbocycles. The number of aryl methyl sites for hydroxylation is 1. The highest BCUT2D eigenvalue weighted by Crippen LogP contribution is 2.30. The monoisotopic (exact) mass is 781 g/mol. The van der Waals surface area contributed by atoms with Gasteiger partial charge in [0.15, 0.2) is 6.23 Å². The topological polar surface area (TPSA) is 103 Å². The van der Waals surface area contributed by atoms with Crippen LogP contribution in [0.2, 0.25) is 0 Å². The molecule has 58 heavy (non-hydrogen) atoms. The molecule has 304 valence electrons. The number of benzene rings is 5. The molecule has 5 aromatic carbocycles. The van der Waals surface area contributed by atoms with Crippen molar-refractivity contribution in [2.75, 3.05) is 13.1 Å². The van der Waals surface area contributed by atoms with Gasteiger partial charge in [0.2, 0.25) is 5.91 Å². The molecule has 0 saturated carbocycles. The lowest BCUT2D eigenvalue weighted by Gasteiger charge is -2.37. The highest BCUT2D eigenvalue weighted by Gasteiger charge is 2.35. The number of amides is 2. The summed E-state index contributed by atoms with van der Waals surface area (Å²) >= 11 is 0. The molecule has 3 N–H and O–H groups in total. The van der Waals surface area contributed by atoms with E-state index in [1.807, 2.05) is 91.0 Å². The fourth-order valence-corrected chi connectivity index (χ4v) is 7.89. The molecule has 4 atom stereocenters.